The van der Waals surface area contributed by atoms with Crippen LogP contribution in [0.1, 0.15) is 39.9 Å². The minimum Gasteiger partial charge on any atom is -0.365 e. The highest BCUT2D eigenvalue weighted by molar-refractivity contribution is 6.31. The average Bonchev–Trinajstić information content (AvgIpc) is 3.37. The van der Waals surface area contributed by atoms with Crippen molar-refractivity contribution in [3.05, 3.63) is 106 Å². The van der Waals surface area contributed by atoms with Gasteiger partial charge in [0.1, 0.15) is 11.6 Å². The van der Waals surface area contributed by atoms with Gasteiger partial charge in [0, 0.05) is 36.2 Å². The van der Waals surface area contributed by atoms with Gasteiger partial charge in [0.15, 0.2) is 0 Å². The van der Waals surface area contributed by atoms with E-state index >= 15 is 0 Å². The maximum Gasteiger partial charge on any atom is 0.256 e. The molecule has 178 valence electrons. The molecule has 35 heavy (non-hydrogen) atoms. The fourth-order valence-electron chi connectivity index (χ4n) is 5.47. The van der Waals surface area contributed by atoms with Crippen LogP contribution in [0.2, 0.25) is 5.02 Å². The zero-order valence-electron chi connectivity index (χ0n) is 18.9. The Morgan fingerprint density at radius 1 is 1.00 bits per heavy atom. The Labute approximate surface area is 206 Å². The number of benzene rings is 3. The molecule has 0 aliphatic carbocycles. The molecule has 3 aromatic carbocycles. The molecule has 7 heteroatoms. The third-order valence-electron chi connectivity index (χ3n) is 7.24. The molecule has 4 aromatic rings. The quantitative estimate of drug-likeness (QED) is 0.337. The lowest BCUT2D eigenvalue weighted by Crippen LogP contribution is -2.45. The predicted octanol–water partition coefficient (Wildman–Crippen LogP) is 6.28. The van der Waals surface area contributed by atoms with Gasteiger partial charge in [0.2, 0.25) is 0 Å². The van der Waals surface area contributed by atoms with Crippen molar-refractivity contribution in [1.29, 1.82) is 0 Å². The van der Waals surface area contributed by atoms with E-state index in [0.717, 1.165) is 27.6 Å². The van der Waals surface area contributed by atoms with Gasteiger partial charge in [-0.2, -0.15) is 0 Å². The molecule has 2 aliphatic heterocycles. The van der Waals surface area contributed by atoms with E-state index in [1.54, 1.807) is 18.2 Å². The maximum absolute atomic E-state index is 13.7. The number of fused-ring (bicyclic) bond motifs is 3. The number of hydrogen-bond acceptors (Lipinski definition) is 2. The van der Waals surface area contributed by atoms with Crippen LogP contribution in [-0.2, 0) is 23.5 Å². The Morgan fingerprint density at radius 2 is 1.80 bits per heavy atom. The van der Waals surface area contributed by atoms with E-state index in [2.05, 4.69) is 0 Å². The summed E-state index contributed by atoms with van der Waals surface area (Å²) in [6.45, 7) is 1.90. The van der Waals surface area contributed by atoms with Crippen LogP contribution >= 0.6 is 11.6 Å². The highest BCUT2D eigenvalue weighted by Crippen LogP contribution is 2.44. The summed E-state index contributed by atoms with van der Waals surface area (Å²) >= 11 is 6.27. The lowest BCUT2D eigenvalue weighted by Gasteiger charge is -2.39. The number of carbonyl (C=O) groups excluding carboxylic acids is 1. The second kappa shape index (κ2) is 8.47. The summed E-state index contributed by atoms with van der Waals surface area (Å²) in [5, 5.41) is 1.39. The maximum atomic E-state index is 13.7. The summed E-state index contributed by atoms with van der Waals surface area (Å²) in [6, 6.07) is 16.8. The fraction of sp³-hybridized carbons (Fsp3) is 0.250. The van der Waals surface area contributed by atoms with E-state index in [4.69, 9.17) is 16.3 Å². The lowest BCUT2D eigenvalue weighted by atomic mass is 9.83. The van der Waals surface area contributed by atoms with Crippen molar-refractivity contribution in [2.24, 2.45) is 0 Å². The molecule has 2 aliphatic rings. The molecule has 1 fully saturated rings. The van der Waals surface area contributed by atoms with E-state index in [-0.39, 0.29) is 17.5 Å². The van der Waals surface area contributed by atoms with Crippen LogP contribution in [0.3, 0.4) is 0 Å². The van der Waals surface area contributed by atoms with Crippen LogP contribution in [0, 0.1) is 11.6 Å². The van der Waals surface area contributed by atoms with Gasteiger partial charge in [-0.25, -0.2) is 8.78 Å². The van der Waals surface area contributed by atoms with Crippen molar-refractivity contribution in [2.45, 2.75) is 31.6 Å². The van der Waals surface area contributed by atoms with Crippen molar-refractivity contribution in [2.75, 3.05) is 13.1 Å². The van der Waals surface area contributed by atoms with E-state index in [1.165, 1.54) is 18.2 Å². The summed E-state index contributed by atoms with van der Waals surface area (Å²) in [5.41, 5.74) is 3.69. The van der Waals surface area contributed by atoms with Gasteiger partial charge in [-0.05, 0) is 65.9 Å². The van der Waals surface area contributed by atoms with Gasteiger partial charge >= 0.3 is 0 Å². The van der Waals surface area contributed by atoms with Crippen molar-refractivity contribution in [1.82, 2.24) is 9.47 Å². The number of carbonyl (C=O) groups is 1. The first-order valence-electron chi connectivity index (χ1n) is 11.7. The number of likely N-dealkylation sites (tertiary alicyclic amines) is 1. The summed E-state index contributed by atoms with van der Waals surface area (Å²) in [6.07, 6.45) is 3.15. The van der Waals surface area contributed by atoms with E-state index < -0.39 is 5.60 Å². The van der Waals surface area contributed by atoms with Crippen LogP contribution in [0.25, 0.3) is 10.9 Å². The molecule has 3 heterocycles. The Kier molecular flexibility index (Phi) is 5.38. The van der Waals surface area contributed by atoms with Gasteiger partial charge in [0.25, 0.3) is 5.91 Å². The Morgan fingerprint density at radius 3 is 2.60 bits per heavy atom. The zero-order chi connectivity index (χ0) is 24.2. The monoisotopic (exact) mass is 492 g/mol. The normalized spacial score (nSPS) is 16.7. The molecule has 6 rings (SSSR count). The standard InChI is InChI=1S/C28H23ClF2N2O2/c29-20-4-6-23-24(16-33(26(23)14-20)15-18-2-1-3-21(30)12-18)27(34)32-10-8-28(9-11-32)25-7-5-22(31)13-19(25)17-35-28/h1-7,12-14,16H,8-11,15,17H2. The highest BCUT2D eigenvalue weighted by Gasteiger charge is 2.43. The van der Waals surface area contributed by atoms with Gasteiger partial charge in [-0.15, -0.1) is 0 Å². The molecule has 0 unspecified atom stereocenters. The third kappa shape index (κ3) is 3.91. The number of amides is 1. The molecule has 0 radical (unpaired) electrons. The molecule has 1 aromatic heterocycles. The molecule has 0 N–H and O–H groups in total. The number of ether oxygens (including phenoxy) is 1. The topological polar surface area (TPSA) is 34.5 Å². The average molecular weight is 493 g/mol. The Bertz CT molecular complexity index is 1460. The minimum absolute atomic E-state index is 0.0532. The van der Waals surface area contributed by atoms with Crippen molar-refractivity contribution in [3.8, 4) is 0 Å². The van der Waals surface area contributed by atoms with E-state index in [0.29, 0.717) is 49.7 Å². The van der Waals surface area contributed by atoms with Crippen LogP contribution < -0.4 is 0 Å². The summed E-state index contributed by atoms with van der Waals surface area (Å²) < 4.78 is 35.5. The largest absolute Gasteiger partial charge is 0.365 e. The number of halogens is 3. The number of nitrogens with zero attached hydrogens (tertiary/aromatic N) is 2. The summed E-state index contributed by atoms with van der Waals surface area (Å²) in [7, 11) is 0. The van der Waals surface area contributed by atoms with Crippen LogP contribution in [0.15, 0.2) is 66.9 Å². The first-order chi connectivity index (χ1) is 16.9. The first kappa shape index (κ1) is 22.3. The fourth-order valence-corrected chi connectivity index (χ4v) is 5.64. The number of piperidine rings is 1. The number of rotatable bonds is 3. The van der Waals surface area contributed by atoms with Crippen LogP contribution in [0.4, 0.5) is 8.78 Å². The molecule has 1 saturated heterocycles. The van der Waals surface area contributed by atoms with Crippen molar-refractivity contribution in [3.63, 3.8) is 0 Å². The van der Waals surface area contributed by atoms with Crippen LogP contribution in [-0.4, -0.2) is 28.5 Å². The molecule has 1 amide bonds. The second-order valence-corrected chi connectivity index (χ2v) is 9.78. The second-order valence-electron chi connectivity index (χ2n) is 9.34. The molecular formula is C28H23ClF2N2O2. The van der Waals surface area contributed by atoms with Crippen molar-refractivity contribution < 1.29 is 18.3 Å². The molecule has 0 bridgehead atoms. The Balaban J connectivity index is 1.27. The summed E-state index contributed by atoms with van der Waals surface area (Å²) in [5.74, 6) is -0.608. The predicted molar refractivity (Wildman–Crippen MR) is 130 cm³/mol. The molecule has 1 spiro atoms. The van der Waals surface area contributed by atoms with E-state index in [9.17, 15) is 13.6 Å². The highest BCUT2D eigenvalue weighted by atomic mass is 35.5. The summed E-state index contributed by atoms with van der Waals surface area (Å²) in [4.78, 5) is 15.5. The lowest BCUT2D eigenvalue weighted by molar-refractivity contribution is -0.0741. The number of hydrogen-bond donors (Lipinski definition) is 0. The van der Waals surface area contributed by atoms with Crippen molar-refractivity contribution >= 4 is 28.4 Å². The minimum atomic E-state index is -0.460. The van der Waals surface area contributed by atoms with Gasteiger partial charge < -0.3 is 14.2 Å². The van der Waals surface area contributed by atoms with Gasteiger partial charge in [0.05, 0.1) is 23.3 Å². The first-order valence-corrected chi connectivity index (χ1v) is 12.0. The van der Waals surface area contributed by atoms with E-state index in [1.807, 2.05) is 39.9 Å². The van der Waals surface area contributed by atoms with Gasteiger partial charge in [-0.3, -0.25) is 4.79 Å². The molecule has 4 nitrogen and oxygen atoms in total. The van der Waals surface area contributed by atoms with Crippen LogP contribution in [0.5, 0.6) is 0 Å². The molecular weight excluding hydrogens is 470 g/mol. The Hall–Kier alpha value is -3.22. The number of aromatic nitrogens is 1. The molecule has 0 atom stereocenters. The smallest absolute Gasteiger partial charge is 0.256 e. The SMILES string of the molecule is O=C(c1cn(Cc2cccc(F)c2)c2cc(Cl)ccc12)N1CCC2(CC1)OCc1cc(F)ccc12. The third-order valence-corrected chi connectivity index (χ3v) is 7.47. The molecule has 0 saturated carbocycles. The zero-order valence-corrected chi connectivity index (χ0v) is 19.7. The van der Waals surface area contributed by atoms with Gasteiger partial charge in [-0.1, -0.05) is 35.9 Å².